The summed E-state index contributed by atoms with van der Waals surface area (Å²) in [6.07, 6.45) is 2.44. The number of nitrogens with one attached hydrogen (secondary N) is 1. The third kappa shape index (κ3) is 4.89. The first-order valence-electron chi connectivity index (χ1n) is 10.4. The molecule has 0 aliphatic carbocycles. The Morgan fingerprint density at radius 2 is 1.61 bits per heavy atom. The van der Waals surface area contributed by atoms with Crippen LogP contribution in [-0.4, -0.2) is 24.0 Å². The molecule has 0 saturated carbocycles. The van der Waals surface area contributed by atoms with E-state index in [9.17, 15) is 0 Å². The van der Waals surface area contributed by atoms with Crippen molar-refractivity contribution < 1.29 is 0 Å². The number of aryl methyl sites for hydroxylation is 1. The molecule has 3 aromatic rings. The van der Waals surface area contributed by atoms with Gasteiger partial charge in [0, 0.05) is 19.1 Å². The Balaban J connectivity index is 1.34. The molecule has 0 atom stereocenters. The first kappa shape index (κ1) is 18.9. The minimum absolute atomic E-state index is 0.628. The minimum atomic E-state index is 0.628. The number of rotatable bonds is 6. The second-order valence-electron chi connectivity index (χ2n) is 7.94. The summed E-state index contributed by atoms with van der Waals surface area (Å²) in [6, 6.07) is 29.1. The zero-order chi connectivity index (χ0) is 19.2. The van der Waals surface area contributed by atoms with E-state index in [1.165, 1.54) is 40.7 Å². The van der Waals surface area contributed by atoms with Crippen LogP contribution in [0.1, 0.15) is 29.5 Å². The molecule has 0 radical (unpaired) electrons. The van der Waals surface area contributed by atoms with Crippen molar-refractivity contribution in [1.29, 1.82) is 0 Å². The average Bonchev–Trinajstić information content (AvgIpc) is 2.74. The quantitative estimate of drug-likeness (QED) is 0.623. The van der Waals surface area contributed by atoms with E-state index in [1.54, 1.807) is 0 Å². The predicted molar refractivity (Wildman–Crippen MR) is 118 cm³/mol. The van der Waals surface area contributed by atoms with Crippen molar-refractivity contribution in [3.05, 3.63) is 95.6 Å². The SMILES string of the molecule is Cc1cccc(-c2ccccc2CN2CCC(NCc3ccccc3)CC2)c1. The van der Waals surface area contributed by atoms with Crippen LogP contribution in [0, 0.1) is 6.92 Å². The zero-order valence-corrected chi connectivity index (χ0v) is 16.8. The maximum Gasteiger partial charge on any atom is 0.0239 e. The monoisotopic (exact) mass is 370 g/mol. The first-order valence-corrected chi connectivity index (χ1v) is 10.4. The third-order valence-corrected chi connectivity index (χ3v) is 5.77. The molecule has 1 aliphatic rings. The van der Waals surface area contributed by atoms with E-state index in [2.05, 4.69) is 96.0 Å². The van der Waals surface area contributed by atoms with Crippen molar-refractivity contribution in [2.24, 2.45) is 0 Å². The number of likely N-dealkylation sites (tertiary alicyclic amines) is 1. The Morgan fingerprint density at radius 1 is 0.857 bits per heavy atom. The summed E-state index contributed by atoms with van der Waals surface area (Å²) in [7, 11) is 0. The van der Waals surface area contributed by atoms with Crippen molar-refractivity contribution in [3.8, 4) is 11.1 Å². The third-order valence-electron chi connectivity index (χ3n) is 5.77. The molecule has 1 aliphatic heterocycles. The molecule has 0 unspecified atom stereocenters. The summed E-state index contributed by atoms with van der Waals surface area (Å²) in [4.78, 5) is 2.61. The molecule has 1 heterocycles. The Kier molecular flexibility index (Phi) is 6.20. The molecular formula is C26H30N2. The molecule has 1 fully saturated rings. The average molecular weight is 371 g/mol. The molecule has 2 nitrogen and oxygen atoms in total. The van der Waals surface area contributed by atoms with E-state index in [1.807, 2.05) is 0 Å². The van der Waals surface area contributed by atoms with Gasteiger partial charge in [0.05, 0.1) is 0 Å². The largest absolute Gasteiger partial charge is 0.310 e. The molecule has 144 valence electrons. The second kappa shape index (κ2) is 9.18. The van der Waals surface area contributed by atoms with E-state index in [0.29, 0.717) is 6.04 Å². The minimum Gasteiger partial charge on any atom is -0.310 e. The van der Waals surface area contributed by atoms with Crippen LogP contribution in [0.15, 0.2) is 78.9 Å². The maximum atomic E-state index is 3.74. The Labute approximate surface area is 169 Å². The first-order chi connectivity index (χ1) is 13.8. The lowest BCUT2D eigenvalue weighted by atomic mass is 9.97. The molecular weight excluding hydrogens is 340 g/mol. The van der Waals surface area contributed by atoms with Gasteiger partial charge in [-0.25, -0.2) is 0 Å². The Morgan fingerprint density at radius 3 is 2.39 bits per heavy atom. The number of hydrogen-bond acceptors (Lipinski definition) is 2. The summed E-state index contributed by atoms with van der Waals surface area (Å²) >= 11 is 0. The molecule has 0 spiro atoms. The van der Waals surface area contributed by atoms with E-state index in [-0.39, 0.29) is 0 Å². The van der Waals surface area contributed by atoms with E-state index >= 15 is 0 Å². The zero-order valence-electron chi connectivity index (χ0n) is 16.8. The van der Waals surface area contributed by atoms with Crippen LogP contribution in [0.25, 0.3) is 11.1 Å². The van der Waals surface area contributed by atoms with Gasteiger partial charge in [0.25, 0.3) is 0 Å². The molecule has 0 amide bonds. The fourth-order valence-electron chi connectivity index (χ4n) is 4.15. The lowest BCUT2D eigenvalue weighted by Crippen LogP contribution is -2.41. The van der Waals surface area contributed by atoms with Crippen molar-refractivity contribution in [3.63, 3.8) is 0 Å². The smallest absolute Gasteiger partial charge is 0.0239 e. The van der Waals surface area contributed by atoms with Crippen LogP contribution in [0.4, 0.5) is 0 Å². The summed E-state index contributed by atoms with van der Waals surface area (Å²) in [5, 5.41) is 3.74. The molecule has 0 bridgehead atoms. The van der Waals surface area contributed by atoms with Crippen LogP contribution in [0.5, 0.6) is 0 Å². The van der Waals surface area contributed by atoms with Crippen molar-refractivity contribution in [1.82, 2.24) is 10.2 Å². The van der Waals surface area contributed by atoms with Gasteiger partial charge in [-0.15, -0.1) is 0 Å². The van der Waals surface area contributed by atoms with E-state index < -0.39 is 0 Å². The molecule has 1 saturated heterocycles. The molecule has 3 aromatic carbocycles. The summed E-state index contributed by atoms with van der Waals surface area (Å²) in [5.41, 5.74) is 6.82. The lowest BCUT2D eigenvalue weighted by molar-refractivity contribution is 0.190. The highest BCUT2D eigenvalue weighted by atomic mass is 15.1. The fourth-order valence-corrected chi connectivity index (χ4v) is 4.15. The maximum absolute atomic E-state index is 3.74. The summed E-state index contributed by atoms with van der Waals surface area (Å²) in [5.74, 6) is 0. The molecule has 1 N–H and O–H groups in total. The number of hydrogen-bond donors (Lipinski definition) is 1. The van der Waals surface area contributed by atoms with Gasteiger partial charge < -0.3 is 5.32 Å². The highest BCUT2D eigenvalue weighted by Crippen LogP contribution is 2.26. The topological polar surface area (TPSA) is 15.3 Å². The van der Waals surface area contributed by atoms with Gasteiger partial charge in [-0.3, -0.25) is 4.90 Å². The van der Waals surface area contributed by atoms with Crippen molar-refractivity contribution in [2.75, 3.05) is 13.1 Å². The molecule has 0 aromatic heterocycles. The van der Waals surface area contributed by atoms with Gasteiger partial charge >= 0.3 is 0 Å². The van der Waals surface area contributed by atoms with Crippen LogP contribution < -0.4 is 5.32 Å². The number of nitrogens with zero attached hydrogens (tertiary/aromatic N) is 1. The standard InChI is InChI=1S/C26H30N2/c1-21-8-7-12-23(18-21)26-13-6-5-11-24(26)20-28-16-14-25(15-17-28)27-19-22-9-3-2-4-10-22/h2-13,18,25,27H,14-17,19-20H2,1H3. The van der Waals surface area contributed by atoms with Gasteiger partial charge in [0.1, 0.15) is 0 Å². The highest BCUT2D eigenvalue weighted by Gasteiger charge is 2.19. The van der Waals surface area contributed by atoms with E-state index in [4.69, 9.17) is 0 Å². The van der Waals surface area contributed by atoms with Crippen molar-refractivity contribution >= 4 is 0 Å². The lowest BCUT2D eigenvalue weighted by Gasteiger charge is -2.33. The molecule has 28 heavy (non-hydrogen) atoms. The number of benzene rings is 3. The highest BCUT2D eigenvalue weighted by molar-refractivity contribution is 5.67. The van der Waals surface area contributed by atoms with Gasteiger partial charge in [0.2, 0.25) is 0 Å². The second-order valence-corrected chi connectivity index (χ2v) is 7.94. The van der Waals surface area contributed by atoms with Crippen LogP contribution in [-0.2, 0) is 13.1 Å². The number of piperidine rings is 1. The Hall–Kier alpha value is -2.42. The predicted octanol–water partition coefficient (Wildman–Crippen LogP) is 5.42. The fraction of sp³-hybridized carbons (Fsp3) is 0.308. The van der Waals surface area contributed by atoms with Gasteiger partial charge in [-0.1, -0.05) is 84.4 Å². The Bertz CT molecular complexity index is 880. The van der Waals surface area contributed by atoms with E-state index in [0.717, 1.165) is 26.2 Å². The van der Waals surface area contributed by atoms with Crippen LogP contribution in [0.2, 0.25) is 0 Å². The normalized spacial score (nSPS) is 15.6. The van der Waals surface area contributed by atoms with Gasteiger partial charge in [-0.2, -0.15) is 0 Å². The van der Waals surface area contributed by atoms with Crippen molar-refractivity contribution in [2.45, 2.75) is 38.9 Å². The summed E-state index contributed by atoms with van der Waals surface area (Å²) in [6.45, 7) is 6.50. The molecule has 2 heteroatoms. The van der Waals surface area contributed by atoms with Crippen LogP contribution in [0.3, 0.4) is 0 Å². The van der Waals surface area contributed by atoms with Gasteiger partial charge in [0.15, 0.2) is 0 Å². The van der Waals surface area contributed by atoms with Gasteiger partial charge in [-0.05, 0) is 55.1 Å². The van der Waals surface area contributed by atoms with Crippen LogP contribution >= 0.6 is 0 Å². The summed E-state index contributed by atoms with van der Waals surface area (Å²) < 4.78 is 0. The molecule has 4 rings (SSSR count).